The van der Waals surface area contributed by atoms with Gasteiger partial charge in [0.2, 0.25) is 10.0 Å². The van der Waals surface area contributed by atoms with Crippen molar-refractivity contribution in [3.63, 3.8) is 0 Å². The Kier molecular flexibility index (Phi) is 4.64. The second-order valence-corrected chi connectivity index (χ2v) is 7.57. The molecule has 0 amide bonds. The minimum Gasteiger partial charge on any atom is -0.233 e. The molecule has 1 aromatic heterocycles. The van der Waals surface area contributed by atoms with Gasteiger partial charge in [0.05, 0.1) is 16.3 Å². The van der Waals surface area contributed by atoms with Crippen LogP contribution in [-0.2, 0) is 10.0 Å². The maximum atomic E-state index is 13.2. The maximum absolute atomic E-state index is 13.2. The van der Waals surface area contributed by atoms with Gasteiger partial charge in [0.15, 0.2) is 0 Å². The molecule has 0 aliphatic carbocycles. The zero-order valence-electron chi connectivity index (χ0n) is 14.1. The molecule has 3 aromatic rings. The zero-order chi connectivity index (χ0) is 19.1. The van der Waals surface area contributed by atoms with Crippen molar-refractivity contribution in [1.29, 1.82) is 0 Å². The van der Waals surface area contributed by atoms with E-state index < -0.39 is 16.4 Å². The van der Waals surface area contributed by atoms with Crippen molar-refractivity contribution in [3.05, 3.63) is 65.4 Å². The van der Waals surface area contributed by atoms with Gasteiger partial charge in [-0.2, -0.15) is 5.10 Å². The van der Waals surface area contributed by atoms with Crippen molar-refractivity contribution in [3.8, 4) is 16.9 Å². The van der Waals surface area contributed by atoms with Crippen LogP contribution >= 0.6 is 0 Å². The second kappa shape index (κ2) is 6.62. The molecule has 0 saturated carbocycles. The molecule has 8 heteroatoms. The van der Waals surface area contributed by atoms with Crippen LogP contribution in [-0.4, -0.2) is 18.2 Å². The Labute approximate surface area is 150 Å². The first-order chi connectivity index (χ1) is 12.2. The quantitative estimate of drug-likeness (QED) is 0.752. The molecule has 3 rings (SSSR count). The van der Waals surface area contributed by atoms with Gasteiger partial charge < -0.3 is 0 Å². The Morgan fingerprint density at radius 3 is 2.19 bits per heavy atom. The molecule has 26 heavy (non-hydrogen) atoms. The van der Waals surface area contributed by atoms with Gasteiger partial charge in [-0.05, 0) is 61.4 Å². The number of halogens is 2. The van der Waals surface area contributed by atoms with Crippen LogP contribution in [0.3, 0.4) is 0 Å². The van der Waals surface area contributed by atoms with E-state index in [4.69, 9.17) is 5.14 Å². The van der Waals surface area contributed by atoms with Crippen LogP contribution in [0.2, 0.25) is 0 Å². The summed E-state index contributed by atoms with van der Waals surface area (Å²) in [4.78, 5) is -0.0600. The number of nitrogens with zero attached hydrogens (tertiary/aromatic N) is 2. The molecule has 2 N–H and O–H groups in total. The molecule has 2 aromatic carbocycles. The van der Waals surface area contributed by atoms with Gasteiger partial charge in [-0.15, -0.1) is 0 Å². The van der Waals surface area contributed by atoms with Crippen molar-refractivity contribution < 1.29 is 17.2 Å². The molecule has 0 spiro atoms. The lowest BCUT2D eigenvalue weighted by Gasteiger charge is -2.10. The smallest absolute Gasteiger partial charge is 0.233 e. The van der Waals surface area contributed by atoms with E-state index in [9.17, 15) is 17.2 Å². The summed E-state index contributed by atoms with van der Waals surface area (Å²) in [5.41, 5.74) is 3.45. The molecule has 0 unspecified atom stereocenters. The Balaban J connectivity index is 2.15. The van der Waals surface area contributed by atoms with E-state index >= 15 is 0 Å². The van der Waals surface area contributed by atoms with Gasteiger partial charge in [0.25, 0.3) is 6.43 Å². The summed E-state index contributed by atoms with van der Waals surface area (Å²) in [7, 11) is -3.83. The van der Waals surface area contributed by atoms with E-state index in [2.05, 4.69) is 5.10 Å². The van der Waals surface area contributed by atoms with Gasteiger partial charge in [-0.25, -0.2) is 27.0 Å². The van der Waals surface area contributed by atoms with Crippen LogP contribution in [0.5, 0.6) is 0 Å². The molecule has 136 valence electrons. The summed E-state index contributed by atoms with van der Waals surface area (Å²) in [5, 5.41) is 9.08. The lowest BCUT2D eigenvalue weighted by atomic mass is 10.0. The van der Waals surface area contributed by atoms with Crippen LogP contribution in [0, 0.1) is 13.8 Å². The van der Waals surface area contributed by atoms with Crippen LogP contribution < -0.4 is 5.14 Å². The standard InChI is InChI=1S/C18H17F2N3O2S/c1-11-3-4-13(9-12(11)2)17-10-16(18(19)20)22-23(17)14-5-7-15(8-6-14)26(21,24)25/h3-10,18H,1-2H3,(H2,21,24,25). The summed E-state index contributed by atoms with van der Waals surface area (Å²) in [5.74, 6) is 0. The highest BCUT2D eigenvalue weighted by atomic mass is 32.2. The molecule has 0 radical (unpaired) electrons. The molecule has 0 bridgehead atoms. The van der Waals surface area contributed by atoms with Gasteiger partial charge in [-0.1, -0.05) is 12.1 Å². The van der Waals surface area contributed by atoms with Crippen molar-refractivity contribution in [2.45, 2.75) is 25.2 Å². The Morgan fingerprint density at radius 2 is 1.65 bits per heavy atom. The minimum absolute atomic E-state index is 0.0600. The summed E-state index contributed by atoms with van der Waals surface area (Å²) in [6, 6.07) is 12.6. The number of nitrogens with two attached hydrogens (primary N) is 1. The molecule has 0 atom stereocenters. The molecule has 0 aliphatic heterocycles. The third-order valence-corrected chi connectivity index (χ3v) is 5.09. The van der Waals surface area contributed by atoms with Crippen LogP contribution in [0.4, 0.5) is 8.78 Å². The van der Waals surface area contributed by atoms with E-state index in [-0.39, 0.29) is 10.6 Å². The summed E-state index contributed by atoms with van der Waals surface area (Å²) < 4.78 is 50.5. The maximum Gasteiger partial charge on any atom is 0.282 e. The molecular formula is C18H17F2N3O2S. The number of aryl methyl sites for hydroxylation is 2. The van der Waals surface area contributed by atoms with E-state index in [0.717, 1.165) is 16.7 Å². The predicted molar refractivity (Wildman–Crippen MR) is 94.8 cm³/mol. The van der Waals surface area contributed by atoms with Crippen molar-refractivity contribution >= 4 is 10.0 Å². The number of alkyl halides is 2. The Bertz CT molecular complexity index is 1060. The average molecular weight is 377 g/mol. The molecule has 0 saturated heterocycles. The fraction of sp³-hybridized carbons (Fsp3) is 0.167. The molecule has 0 aliphatic rings. The fourth-order valence-corrected chi connectivity index (χ4v) is 3.10. The van der Waals surface area contributed by atoms with E-state index in [1.54, 1.807) is 0 Å². The largest absolute Gasteiger partial charge is 0.282 e. The SMILES string of the molecule is Cc1ccc(-c2cc(C(F)F)nn2-c2ccc(S(N)(=O)=O)cc2)cc1C. The van der Waals surface area contributed by atoms with Crippen molar-refractivity contribution in [2.75, 3.05) is 0 Å². The zero-order valence-corrected chi connectivity index (χ0v) is 15.0. The predicted octanol–water partition coefficient (Wildman–Crippen LogP) is 3.74. The van der Waals surface area contributed by atoms with Gasteiger partial charge >= 0.3 is 0 Å². The number of rotatable bonds is 4. The van der Waals surface area contributed by atoms with Gasteiger partial charge in [-0.3, -0.25) is 0 Å². The molecule has 1 heterocycles. The number of hydrogen-bond acceptors (Lipinski definition) is 3. The lowest BCUT2D eigenvalue weighted by Crippen LogP contribution is -2.12. The van der Waals surface area contributed by atoms with Crippen LogP contribution in [0.15, 0.2) is 53.4 Å². The van der Waals surface area contributed by atoms with E-state index in [1.807, 2.05) is 32.0 Å². The Hall–Kier alpha value is -2.58. The van der Waals surface area contributed by atoms with Gasteiger partial charge in [0, 0.05) is 5.56 Å². The minimum atomic E-state index is -3.83. The normalized spacial score (nSPS) is 11.9. The highest BCUT2D eigenvalue weighted by Gasteiger charge is 2.18. The first-order valence-electron chi connectivity index (χ1n) is 7.76. The first kappa shape index (κ1) is 18.2. The summed E-state index contributed by atoms with van der Waals surface area (Å²) >= 11 is 0. The fourth-order valence-electron chi connectivity index (χ4n) is 2.59. The number of hydrogen-bond donors (Lipinski definition) is 1. The van der Waals surface area contributed by atoms with Crippen molar-refractivity contribution in [1.82, 2.24) is 9.78 Å². The molecule has 5 nitrogen and oxygen atoms in total. The Morgan fingerprint density at radius 1 is 1.00 bits per heavy atom. The third kappa shape index (κ3) is 3.51. The van der Waals surface area contributed by atoms with Crippen molar-refractivity contribution in [2.24, 2.45) is 5.14 Å². The highest BCUT2D eigenvalue weighted by Crippen LogP contribution is 2.29. The molecule has 0 fully saturated rings. The topological polar surface area (TPSA) is 78.0 Å². The van der Waals surface area contributed by atoms with E-state index in [1.165, 1.54) is 35.0 Å². The van der Waals surface area contributed by atoms with Gasteiger partial charge in [0.1, 0.15) is 5.69 Å². The second-order valence-electron chi connectivity index (χ2n) is 6.00. The monoisotopic (exact) mass is 377 g/mol. The van der Waals surface area contributed by atoms with E-state index in [0.29, 0.717) is 11.4 Å². The highest BCUT2D eigenvalue weighted by molar-refractivity contribution is 7.89. The summed E-state index contributed by atoms with van der Waals surface area (Å²) in [6.07, 6.45) is -2.72. The van der Waals surface area contributed by atoms with Crippen LogP contribution in [0.1, 0.15) is 23.2 Å². The van der Waals surface area contributed by atoms with Crippen LogP contribution in [0.25, 0.3) is 16.9 Å². The number of benzene rings is 2. The third-order valence-electron chi connectivity index (χ3n) is 4.16. The average Bonchev–Trinajstić information content (AvgIpc) is 3.02. The number of primary sulfonamides is 1. The summed E-state index contributed by atoms with van der Waals surface area (Å²) in [6.45, 7) is 3.90. The number of aromatic nitrogens is 2. The lowest BCUT2D eigenvalue weighted by molar-refractivity contribution is 0.145. The molecular weight excluding hydrogens is 360 g/mol. The first-order valence-corrected chi connectivity index (χ1v) is 9.30. The number of sulfonamides is 1.